The van der Waals surface area contributed by atoms with Crippen LogP contribution in [0.15, 0.2) is 48.5 Å². The summed E-state index contributed by atoms with van der Waals surface area (Å²) in [7, 11) is 0. The first-order valence-electron chi connectivity index (χ1n) is 12.3. The van der Waals surface area contributed by atoms with Gasteiger partial charge >= 0.3 is 0 Å². The van der Waals surface area contributed by atoms with Crippen LogP contribution >= 0.6 is 0 Å². The smallest absolute Gasteiger partial charge is 0.272 e. The zero-order chi connectivity index (χ0) is 25.5. The number of fused-ring (bicyclic) bond motifs is 1. The first-order chi connectivity index (χ1) is 17.5. The van der Waals surface area contributed by atoms with Gasteiger partial charge in [0.2, 0.25) is 0 Å². The Bertz CT molecular complexity index is 1210. The van der Waals surface area contributed by atoms with Crippen molar-refractivity contribution >= 4 is 11.8 Å². The topological polar surface area (TPSA) is 85.7 Å². The number of rotatable bonds is 10. The minimum Gasteiger partial charge on any atom is -0.490 e. The van der Waals surface area contributed by atoms with Crippen LogP contribution in [0.4, 0.5) is 4.39 Å². The third-order valence-corrected chi connectivity index (χ3v) is 5.91. The number of hydrogen-bond donors (Lipinski definition) is 1. The van der Waals surface area contributed by atoms with E-state index in [1.165, 1.54) is 12.1 Å². The maximum Gasteiger partial charge on any atom is 0.272 e. The van der Waals surface area contributed by atoms with Crippen molar-refractivity contribution in [2.45, 2.75) is 39.8 Å². The van der Waals surface area contributed by atoms with Crippen LogP contribution < -0.4 is 14.8 Å². The molecule has 2 amide bonds. The molecule has 0 saturated carbocycles. The van der Waals surface area contributed by atoms with E-state index in [1.54, 1.807) is 27.8 Å². The second-order valence-corrected chi connectivity index (χ2v) is 8.50. The Hall–Kier alpha value is -3.88. The molecule has 190 valence electrons. The van der Waals surface area contributed by atoms with E-state index in [4.69, 9.17) is 9.47 Å². The molecular formula is C27H31FN4O4. The van der Waals surface area contributed by atoms with Crippen molar-refractivity contribution in [2.24, 2.45) is 0 Å². The first kappa shape index (κ1) is 25.2. The molecule has 0 unspecified atom stereocenters. The summed E-state index contributed by atoms with van der Waals surface area (Å²) in [6.07, 6.45) is 1.32. The Labute approximate surface area is 210 Å². The van der Waals surface area contributed by atoms with Crippen LogP contribution in [0.25, 0.3) is 0 Å². The van der Waals surface area contributed by atoms with Gasteiger partial charge in [0.15, 0.2) is 17.2 Å². The zero-order valence-electron chi connectivity index (χ0n) is 20.6. The summed E-state index contributed by atoms with van der Waals surface area (Å²) in [5.74, 6) is 0.548. The number of aryl methyl sites for hydroxylation is 1. The van der Waals surface area contributed by atoms with Crippen molar-refractivity contribution in [1.82, 2.24) is 20.0 Å². The van der Waals surface area contributed by atoms with Gasteiger partial charge in [-0.3, -0.25) is 14.3 Å². The van der Waals surface area contributed by atoms with E-state index in [-0.39, 0.29) is 23.3 Å². The lowest BCUT2D eigenvalue weighted by molar-refractivity contribution is 0.0745. The van der Waals surface area contributed by atoms with Crippen molar-refractivity contribution < 1.29 is 23.5 Å². The average molecular weight is 495 g/mol. The van der Waals surface area contributed by atoms with Gasteiger partial charge in [-0.15, -0.1) is 0 Å². The average Bonchev–Trinajstić information content (AvgIpc) is 3.24. The molecule has 36 heavy (non-hydrogen) atoms. The minimum absolute atomic E-state index is 0.193. The fourth-order valence-electron chi connectivity index (χ4n) is 4.17. The molecule has 1 N–H and O–H groups in total. The summed E-state index contributed by atoms with van der Waals surface area (Å²) >= 11 is 0. The van der Waals surface area contributed by atoms with Gasteiger partial charge in [-0.05, 0) is 62.1 Å². The Balaban J connectivity index is 1.37. The number of aromatic nitrogens is 2. The maximum absolute atomic E-state index is 13.2. The second-order valence-electron chi connectivity index (χ2n) is 8.50. The van der Waals surface area contributed by atoms with Gasteiger partial charge in [-0.1, -0.05) is 18.2 Å². The van der Waals surface area contributed by atoms with Crippen LogP contribution in [0.3, 0.4) is 0 Å². The largest absolute Gasteiger partial charge is 0.490 e. The molecule has 0 radical (unpaired) electrons. The van der Waals surface area contributed by atoms with E-state index in [0.717, 1.165) is 11.1 Å². The predicted octanol–water partition coefficient (Wildman–Crippen LogP) is 3.84. The van der Waals surface area contributed by atoms with Gasteiger partial charge in [-0.2, -0.15) is 5.10 Å². The molecule has 1 aliphatic heterocycles. The lowest BCUT2D eigenvalue weighted by Crippen LogP contribution is -2.30. The highest BCUT2D eigenvalue weighted by molar-refractivity contribution is 5.98. The van der Waals surface area contributed by atoms with Crippen LogP contribution in [0.5, 0.6) is 11.5 Å². The van der Waals surface area contributed by atoms with Crippen LogP contribution in [-0.4, -0.2) is 52.8 Å². The van der Waals surface area contributed by atoms with E-state index in [0.29, 0.717) is 69.4 Å². The number of ether oxygens (including phenoxy) is 2. The van der Waals surface area contributed by atoms with Crippen molar-refractivity contribution in [1.29, 1.82) is 0 Å². The number of halogens is 1. The summed E-state index contributed by atoms with van der Waals surface area (Å²) in [6.45, 7) is 6.81. The summed E-state index contributed by atoms with van der Waals surface area (Å²) in [5, 5.41) is 7.27. The Kier molecular flexibility index (Phi) is 8.20. The predicted molar refractivity (Wildman–Crippen MR) is 133 cm³/mol. The standard InChI is InChI=1S/C27H31FN4O4/c1-3-35-24-11-8-19(16-25(24)36-4-2)12-13-29-26(33)22-17-23-27(34)31(14-5-15-32(23)30-22)18-20-6-9-21(28)10-7-20/h6-11,16-17H,3-5,12-15,18H2,1-2H3,(H,29,33). The molecular weight excluding hydrogens is 463 g/mol. The number of carbonyl (C=O) groups excluding carboxylic acids is 2. The van der Waals surface area contributed by atoms with Gasteiger partial charge in [0.1, 0.15) is 11.5 Å². The Morgan fingerprint density at radius 1 is 1.00 bits per heavy atom. The number of nitrogens with one attached hydrogen (secondary N) is 1. The minimum atomic E-state index is -0.329. The molecule has 0 bridgehead atoms. The van der Waals surface area contributed by atoms with E-state index >= 15 is 0 Å². The normalized spacial score (nSPS) is 13.2. The highest BCUT2D eigenvalue weighted by Gasteiger charge is 2.26. The molecule has 9 heteroatoms. The fraction of sp³-hybridized carbons (Fsp3) is 0.370. The molecule has 1 aromatic heterocycles. The van der Waals surface area contributed by atoms with Crippen LogP contribution in [-0.2, 0) is 19.5 Å². The maximum atomic E-state index is 13.2. The van der Waals surface area contributed by atoms with Crippen molar-refractivity contribution in [3.8, 4) is 11.5 Å². The van der Waals surface area contributed by atoms with Gasteiger partial charge < -0.3 is 19.7 Å². The number of benzene rings is 2. The number of amides is 2. The lowest BCUT2D eigenvalue weighted by Gasteiger charge is -2.20. The molecule has 0 spiro atoms. The van der Waals surface area contributed by atoms with E-state index in [9.17, 15) is 14.0 Å². The van der Waals surface area contributed by atoms with Gasteiger partial charge in [0, 0.05) is 32.2 Å². The molecule has 0 aliphatic carbocycles. The molecule has 8 nitrogen and oxygen atoms in total. The molecule has 2 heterocycles. The van der Waals surface area contributed by atoms with Gasteiger partial charge in [0.05, 0.1) is 13.2 Å². The van der Waals surface area contributed by atoms with Crippen LogP contribution in [0.2, 0.25) is 0 Å². The summed E-state index contributed by atoms with van der Waals surface area (Å²) < 4.78 is 26.1. The quantitative estimate of drug-likeness (QED) is 0.463. The molecule has 0 fully saturated rings. The third kappa shape index (κ3) is 6.02. The zero-order valence-corrected chi connectivity index (χ0v) is 20.6. The number of carbonyl (C=O) groups is 2. The number of nitrogens with zero attached hydrogens (tertiary/aromatic N) is 3. The van der Waals surface area contributed by atoms with Crippen molar-refractivity contribution in [3.63, 3.8) is 0 Å². The van der Waals surface area contributed by atoms with E-state index in [1.807, 2.05) is 32.0 Å². The van der Waals surface area contributed by atoms with Crippen LogP contribution in [0.1, 0.15) is 52.4 Å². The molecule has 4 rings (SSSR count). The molecule has 0 saturated heterocycles. The second kappa shape index (κ2) is 11.7. The van der Waals surface area contributed by atoms with Crippen molar-refractivity contribution in [3.05, 3.63) is 76.9 Å². The van der Waals surface area contributed by atoms with E-state index < -0.39 is 0 Å². The molecule has 2 aromatic carbocycles. The Morgan fingerprint density at radius 3 is 2.47 bits per heavy atom. The molecule has 1 aliphatic rings. The van der Waals surface area contributed by atoms with Crippen LogP contribution in [0, 0.1) is 5.82 Å². The number of hydrogen-bond acceptors (Lipinski definition) is 5. The fourth-order valence-corrected chi connectivity index (χ4v) is 4.17. The SMILES string of the molecule is CCOc1ccc(CCNC(=O)c2cc3n(n2)CCCN(Cc2ccc(F)cc2)C3=O)cc1OCC. The summed E-state index contributed by atoms with van der Waals surface area (Å²) in [5.41, 5.74) is 2.45. The highest BCUT2D eigenvalue weighted by atomic mass is 19.1. The monoisotopic (exact) mass is 494 g/mol. The summed E-state index contributed by atoms with van der Waals surface area (Å²) in [4.78, 5) is 27.6. The summed E-state index contributed by atoms with van der Waals surface area (Å²) in [6, 6.07) is 13.4. The Morgan fingerprint density at radius 2 is 1.72 bits per heavy atom. The van der Waals surface area contributed by atoms with Crippen molar-refractivity contribution in [2.75, 3.05) is 26.3 Å². The van der Waals surface area contributed by atoms with Gasteiger partial charge in [0.25, 0.3) is 11.8 Å². The molecule has 0 atom stereocenters. The van der Waals surface area contributed by atoms with Gasteiger partial charge in [-0.25, -0.2) is 4.39 Å². The van der Waals surface area contributed by atoms with E-state index in [2.05, 4.69) is 10.4 Å². The highest BCUT2D eigenvalue weighted by Crippen LogP contribution is 2.28. The molecule has 3 aromatic rings. The lowest BCUT2D eigenvalue weighted by atomic mass is 10.1. The first-order valence-corrected chi connectivity index (χ1v) is 12.3. The third-order valence-electron chi connectivity index (χ3n) is 5.91.